The molecule has 0 saturated heterocycles. The Morgan fingerprint density at radius 1 is 1.22 bits per heavy atom. The fourth-order valence-corrected chi connectivity index (χ4v) is 3.01. The highest BCUT2D eigenvalue weighted by molar-refractivity contribution is 6.29. The van der Waals surface area contributed by atoms with Crippen molar-refractivity contribution < 1.29 is 9.18 Å². The highest BCUT2D eigenvalue weighted by atomic mass is 35.5. The molecule has 0 saturated carbocycles. The largest absolute Gasteiger partial charge is 0.340 e. The lowest BCUT2D eigenvalue weighted by molar-refractivity contribution is -0.131. The quantitative estimate of drug-likeness (QED) is 0.616. The van der Waals surface area contributed by atoms with Gasteiger partial charge in [-0.2, -0.15) is 4.98 Å². The molecule has 2 aromatic heterocycles. The summed E-state index contributed by atoms with van der Waals surface area (Å²) < 4.78 is 17.1. The molecule has 0 aliphatic heterocycles. The molecule has 8 nitrogen and oxygen atoms in total. The SMILES string of the molecule is CN(Cc1ccccc1F)C(=O)Cn1c(Cl)nc2c1c(=O)n(C)c(=O)n2C. The van der Waals surface area contributed by atoms with Crippen LogP contribution in [0.3, 0.4) is 0 Å². The predicted octanol–water partition coefficient (Wildman–Crippen LogP) is 0.885. The van der Waals surface area contributed by atoms with Crippen LogP contribution in [-0.4, -0.2) is 36.5 Å². The number of hydrogen-bond donors (Lipinski definition) is 0. The lowest BCUT2D eigenvalue weighted by Gasteiger charge is -2.18. The zero-order chi connectivity index (χ0) is 19.9. The number of nitrogens with zero attached hydrogens (tertiary/aromatic N) is 5. The van der Waals surface area contributed by atoms with Crippen LogP contribution in [0.25, 0.3) is 11.2 Å². The van der Waals surface area contributed by atoms with Crippen LogP contribution in [0.1, 0.15) is 5.56 Å². The van der Waals surface area contributed by atoms with E-state index >= 15 is 0 Å². The molecule has 0 aliphatic carbocycles. The molecule has 0 unspecified atom stereocenters. The Morgan fingerprint density at radius 2 is 1.89 bits per heavy atom. The molecule has 0 radical (unpaired) electrons. The minimum absolute atomic E-state index is 0.0530. The minimum atomic E-state index is -0.600. The maximum atomic E-state index is 13.8. The zero-order valence-electron chi connectivity index (χ0n) is 14.9. The summed E-state index contributed by atoms with van der Waals surface area (Å²) in [4.78, 5) is 42.4. The van der Waals surface area contributed by atoms with Crippen molar-refractivity contribution >= 4 is 28.7 Å². The molecule has 1 aromatic carbocycles. The maximum absolute atomic E-state index is 13.8. The van der Waals surface area contributed by atoms with Crippen molar-refractivity contribution in [1.82, 2.24) is 23.6 Å². The van der Waals surface area contributed by atoms with E-state index in [0.717, 1.165) is 4.57 Å². The number of halogens is 2. The number of rotatable bonds is 4. The topological polar surface area (TPSA) is 82.1 Å². The molecule has 27 heavy (non-hydrogen) atoms. The van der Waals surface area contributed by atoms with Crippen molar-refractivity contribution in [2.45, 2.75) is 13.1 Å². The zero-order valence-corrected chi connectivity index (χ0v) is 15.7. The van der Waals surface area contributed by atoms with E-state index < -0.39 is 23.0 Å². The van der Waals surface area contributed by atoms with E-state index in [1.165, 1.54) is 41.2 Å². The van der Waals surface area contributed by atoms with Crippen LogP contribution in [0, 0.1) is 5.82 Å². The molecule has 0 spiro atoms. The van der Waals surface area contributed by atoms with Gasteiger partial charge in [0.1, 0.15) is 12.4 Å². The second kappa shape index (κ2) is 6.99. The second-order valence-corrected chi connectivity index (χ2v) is 6.52. The van der Waals surface area contributed by atoms with E-state index in [1.54, 1.807) is 18.2 Å². The molecular formula is C17H17ClFN5O3. The fraction of sp³-hybridized carbons (Fsp3) is 0.294. The fourth-order valence-electron chi connectivity index (χ4n) is 2.79. The molecule has 0 atom stereocenters. The van der Waals surface area contributed by atoms with E-state index in [-0.39, 0.29) is 29.5 Å². The summed E-state index contributed by atoms with van der Waals surface area (Å²) in [5.41, 5.74) is -0.628. The average molecular weight is 394 g/mol. The molecule has 142 valence electrons. The molecule has 10 heteroatoms. The molecule has 2 heterocycles. The highest BCUT2D eigenvalue weighted by Gasteiger charge is 2.21. The molecular weight excluding hydrogens is 377 g/mol. The maximum Gasteiger partial charge on any atom is 0.332 e. The van der Waals surface area contributed by atoms with Gasteiger partial charge in [-0.3, -0.25) is 23.3 Å². The number of imidazole rings is 1. The van der Waals surface area contributed by atoms with Gasteiger partial charge in [0.15, 0.2) is 11.2 Å². The summed E-state index contributed by atoms with van der Waals surface area (Å²) in [6, 6.07) is 6.15. The normalized spacial score (nSPS) is 11.1. The van der Waals surface area contributed by atoms with Crippen LogP contribution in [0.15, 0.2) is 33.9 Å². The number of fused-ring (bicyclic) bond motifs is 1. The Balaban J connectivity index is 1.96. The van der Waals surface area contributed by atoms with Crippen molar-refractivity contribution in [2.24, 2.45) is 14.1 Å². The first-order valence-electron chi connectivity index (χ1n) is 8.01. The van der Waals surface area contributed by atoms with Gasteiger partial charge >= 0.3 is 5.69 Å². The summed E-state index contributed by atoms with van der Waals surface area (Å²) >= 11 is 6.11. The van der Waals surface area contributed by atoms with E-state index in [1.807, 2.05) is 0 Å². The minimum Gasteiger partial charge on any atom is -0.340 e. The Bertz CT molecular complexity index is 1160. The third-order valence-corrected chi connectivity index (χ3v) is 4.67. The van der Waals surface area contributed by atoms with Gasteiger partial charge in [0.25, 0.3) is 5.56 Å². The number of aryl methyl sites for hydroxylation is 1. The van der Waals surface area contributed by atoms with Crippen LogP contribution in [0.4, 0.5) is 4.39 Å². The van der Waals surface area contributed by atoms with Crippen LogP contribution >= 0.6 is 11.6 Å². The summed E-state index contributed by atoms with van der Waals surface area (Å²) in [5, 5.41) is -0.0871. The van der Waals surface area contributed by atoms with E-state index in [2.05, 4.69) is 4.98 Å². The monoisotopic (exact) mass is 393 g/mol. The molecule has 0 aliphatic rings. The van der Waals surface area contributed by atoms with Gasteiger partial charge in [0, 0.05) is 33.3 Å². The molecule has 3 aromatic rings. The smallest absolute Gasteiger partial charge is 0.332 e. The van der Waals surface area contributed by atoms with Crippen molar-refractivity contribution in [3.63, 3.8) is 0 Å². The molecule has 1 amide bonds. The van der Waals surface area contributed by atoms with Gasteiger partial charge in [-0.25, -0.2) is 9.18 Å². The standard InChI is InChI=1S/C17H17ClFN5O3/c1-21(8-10-6-4-5-7-11(10)19)12(25)9-24-13-14(20-16(24)18)22(2)17(27)23(3)15(13)26/h4-7H,8-9H2,1-3H3. The third-order valence-electron chi connectivity index (χ3n) is 4.39. The summed E-state index contributed by atoms with van der Waals surface area (Å²) in [5.74, 6) is -0.803. The first-order chi connectivity index (χ1) is 12.7. The van der Waals surface area contributed by atoms with Gasteiger partial charge in [-0.05, 0) is 17.7 Å². The van der Waals surface area contributed by atoms with Crippen molar-refractivity contribution in [1.29, 1.82) is 0 Å². The van der Waals surface area contributed by atoms with Crippen LogP contribution in [0.2, 0.25) is 5.28 Å². The number of benzene rings is 1. The predicted molar refractivity (Wildman–Crippen MR) is 98.1 cm³/mol. The number of aromatic nitrogens is 4. The number of carbonyl (C=O) groups excluding carboxylic acids is 1. The first kappa shape index (κ1) is 18.8. The number of amides is 1. The van der Waals surface area contributed by atoms with E-state index in [0.29, 0.717) is 5.56 Å². The van der Waals surface area contributed by atoms with Gasteiger partial charge < -0.3 is 4.90 Å². The first-order valence-corrected chi connectivity index (χ1v) is 8.39. The lowest BCUT2D eigenvalue weighted by Crippen LogP contribution is -2.38. The Kier molecular flexibility index (Phi) is 4.88. The molecule has 0 bridgehead atoms. The Labute approximate surface area is 158 Å². The van der Waals surface area contributed by atoms with Gasteiger partial charge in [-0.15, -0.1) is 0 Å². The highest BCUT2D eigenvalue weighted by Crippen LogP contribution is 2.16. The Hall–Kier alpha value is -2.94. The number of hydrogen-bond acceptors (Lipinski definition) is 4. The van der Waals surface area contributed by atoms with Gasteiger partial charge in [0.2, 0.25) is 11.2 Å². The summed E-state index contributed by atoms with van der Waals surface area (Å²) in [6.45, 7) is -0.208. The van der Waals surface area contributed by atoms with Gasteiger partial charge in [-0.1, -0.05) is 18.2 Å². The van der Waals surface area contributed by atoms with Crippen molar-refractivity contribution in [3.8, 4) is 0 Å². The lowest BCUT2D eigenvalue weighted by atomic mass is 10.2. The van der Waals surface area contributed by atoms with Gasteiger partial charge in [0.05, 0.1) is 0 Å². The van der Waals surface area contributed by atoms with Crippen molar-refractivity contribution in [3.05, 3.63) is 61.8 Å². The van der Waals surface area contributed by atoms with E-state index in [9.17, 15) is 18.8 Å². The van der Waals surface area contributed by atoms with Crippen molar-refractivity contribution in [2.75, 3.05) is 7.05 Å². The van der Waals surface area contributed by atoms with E-state index in [4.69, 9.17) is 11.6 Å². The second-order valence-electron chi connectivity index (χ2n) is 6.19. The third kappa shape index (κ3) is 3.25. The summed E-state index contributed by atoms with van der Waals surface area (Å²) in [6.07, 6.45) is 0. The molecule has 0 fully saturated rings. The summed E-state index contributed by atoms with van der Waals surface area (Å²) in [7, 11) is 4.32. The number of likely N-dealkylation sites (N-methyl/N-ethyl adjacent to an activating group) is 1. The number of carbonyl (C=O) groups is 1. The van der Waals surface area contributed by atoms with Crippen LogP contribution < -0.4 is 11.2 Å². The van der Waals surface area contributed by atoms with Crippen LogP contribution in [0.5, 0.6) is 0 Å². The molecule has 0 N–H and O–H groups in total. The molecule has 3 rings (SSSR count). The average Bonchev–Trinajstić information content (AvgIpc) is 2.96. The van der Waals surface area contributed by atoms with Crippen LogP contribution in [-0.2, 0) is 32.0 Å². The Morgan fingerprint density at radius 3 is 2.56 bits per heavy atom.